The zero-order valence-electron chi connectivity index (χ0n) is 9.34. The lowest BCUT2D eigenvalue weighted by molar-refractivity contribution is 0.168. The summed E-state index contributed by atoms with van der Waals surface area (Å²) in [5, 5.41) is 10.5. The number of aromatic nitrogens is 3. The lowest BCUT2D eigenvalue weighted by atomic mass is 10.1. The van der Waals surface area contributed by atoms with Crippen molar-refractivity contribution in [3.05, 3.63) is 52.8 Å². The lowest BCUT2D eigenvalue weighted by Gasteiger charge is -2.10. The number of hydrogen-bond acceptors (Lipinski definition) is 4. The first-order chi connectivity index (χ1) is 8.16. The van der Waals surface area contributed by atoms with Crippen LogP contribution < -0.4 is 0 Å². The highest BCUT2D eigenvalue weighted by atomic mass is 35.5. The summed E-state index contributed by atoms with van der Waals surface area (Å²) in [5.41, 5.74) is 1.79. The van der Waals surface area contributed by atoms with Crippen LogP contribution in [0.15, 0.2) is 30.9 Å². The number of aliphatic hydroxyl groups excluding tert-OH is 1. The quantitative estimate of drug-likeness (QED) is 0.905. The zero-order chi connectivity index (χ0) is 12.3. The molecule has 0 spiro atoms. The van der Waals surface area contributed by atoms with Gasteiger partial charge in [0.2, 0.25) is 0 Å². The third kappa shape index (κ3) is 2.99. The average molecular weight is 250 g/mol. The van der Waals surface area contributed by atoms with E-state index in [-0.39, 0.29) is 0 Å². The van der Waals surface area contributed by atoms with E-state index in [4.69, 9.17) is 11.6 Å². The fourth-order valence-corrected chi connectivity index (χ4v) is 1.64. The maximum atomic E-state index is 9.99. The van der Waals surface area contributed by atoms with Crippen molar-refractivity contribution in [2.45, 2.75) is 19.4 Å². The van der Waals surface area contributed by atoms with E-state index in [2.05, 4.69) is 15.0 Å². The third-order valence-corrected chi connectivity index (χ3v) is 2.71. The molecule has 2 rings (SSSR count). The molecule has 88 valence electrons. The summed E-state index contributed by atoms with van der Waals surface area (Å²) in [6, 6.07) is 1.78. The Morgan fingerprint density at radius 2 is 2.00 bits per heavy atom. The molecule has 0 saturated heterocycles. The number of pyridine rings is 1. The highest BCUT2D eigenvalue weighted by Crippen LogP contribution is 2.20. The Morgan fingerprint density at radius 3 is 2.65 bits per heavy atom. The summed E-state index contributed by atoms with van der Waals surface area (Å²) in [5.74, 6) is 0.406. The molecule has 0 aromatic carbocycles. The molecule has 1 atom stereocenters. The van der Waals surface area contributed by atoms with Crippen LogP contribution in [0.4, 0.5) is 0 Å². The first-order valence-electron chi connectivity index (χ1n) is 5.22. The fraction of sp³-hybridized carbons (Fsp3) is 0.250. The van der Waals surface area contributed by atoms with E-state index in [0.717, 1.165) is 11.1 Å². The molecule has 4 nitrogen and oxygen atoms in total. The van der Waals surface area contributed by atoms with Crippen molar-refractivity contribution in [1.82, 2.24) is 15.0 Å². The molecule has 0 aliphatic carbocycles. The minimum Gasteiger partial charge on any atom is -0.385 e. The largest absolute Gasteiger partial charge is 0.385 e. The molecule has 2 aromatic rings. The maximum absolute atomic E-state index is 9.99. The molecule has 0 fully saturated rings. The third-order valence-electron chi connectivity index (χ3n) is 2.37. The van der Waals surface area contributed by atoms with Crippen LogP contribution in [0, 0.1) is 6.92 Å². The Labute approximate surface area is 104 Å². The van der Waals surface area contributed by atoms with Gasteiger partial charge in [-0.25, -0.2) is 9.97 Å². The minimum atomic E-state index is -0.754. The summed E-state index contributed by atoms with van der Waals surface area (Å²) in [6.45, 7) is 1.90. The zero-order valence-corrected chi connectivity index (χ0v) is 10.1. The molecule has 0 bridgehead atoms. The van der Waals surface area contributed by atoms with Gasteiger partial charge in [0, 0.05) is 31.2 Å². The molecule has 17 heavy (non-hydrogen) atoms. The fourth-order valence-electron chi connectivity index (χ4n) is 1.44. The van der Waals surface area contributed by atoms with Crippen LogP contribution in [-0.2, 0) is 6.42 Å². The van der Waals surface area contributed by atoms with Crippen molar-refractivity contribution in [1.29, 1.82) is 0 Å². The normalized spacial score (nSPS) is 12.4. The van der Waals surface area contributed by atoms with Gasteiger partial charge in [-0.2, -0.15) is 0 Å². The van der Waals surface area contributed by atoms with E-state index in [1.54, 1.807) is 30.9 Å². The van der Waals surface area contributed by atoms with Gasteiger partial charge in [0.25, 0.3) is 0 Å². The second-order valence-corrected chi connectivity index (χ2v) is 4.21. The smallest absolute Gasteiger partial charge is 0.157 e. The van der Waals surface area contributed by atoms with Gasteiger partial charge in [-0.1, -0.05) is 11.6 Å². The van der Waals surface area contributed by atoms with Gasteiger partial charge in [-0.3, -0.25) is 4.98 Å². The van der Waals surface area contributed by atoms with Gasteiger partial charge < -0.3 is 5.11 Å². The number of rotatable bonds is 3. The van der Waals surface area contributed by atoms with Crippen molar-refractivity contribution in [3.63, 3.8) is 0 Å². The first kappa shape index (κ1) is 12.0. The van der Waals surface area contributed by atoms with Crippen LogP contribution in [0.2, 0.25) is 5.02 Å². The summed E-state index contributed by atoms with van der Waals surface area (Å²) in [6.07, 6.45) is 6.18. The average Bonchev–Trinajstić information content (AvgIpc) is 2.33. The van der Waals surface area contributed by atoms with Crippen molar-refractivity contribution in [2.75, 3.05) is 0 Å². The predicted octanol–water partition coefficient (Wildman–Crippen LogP) is 2.11. The molecular formula is C12H12ClN3O. The molecule has 2 heterocycles. The summed E-state index contributed by atoms with van der Waals surface area (Å²) in [4.78, 5) is 12.1. The Hall–Kier alpha value is -1.52. The highest BCUT2D eigenvalue weighted by Gasteiger charge is 2.13. The Kier molecular flexibility index (Phi) is 3.66. The molecule has 2 aromatic heterocycles. The molecular weight excluding hydrogens is 238 g/mol. The van der Waals surface area contributed by atoms with Crippen molar-refractivity contribution >= 4 is 11.6 Å². The molecule has 0 aliphatic heterocycles. The number of nitrogens with zero attached hydrogens (tertiary/aromatic N) is 3. The second-order valence-electron chi connectivity index (χ2n) is 3.81. The molecule has 5 heteroatoms. The van der Waals surface area contributed by atoms with Gasteiger partial charge in [-0.05, 0) is 24.1 Å². The maximum Gasteiger partial charge on any atom is 0.157 e. The second kappa shape index (κ2) is 5.21. The number of aliphatic hydroxyl groups is 1. The molecule has 0 radical (unpaired) electrons. The van der Waals surface area contributed by atoms with Crippen LogP contribution in [0.25, 0.3) is 0 Å². The van der Waals surface area contributed by atoms with Crippen LogP contribution in [0.5, 0.6) is 0 Å². The molecule has 0 saturated carbocycles. The standard InChI is InChI=1S/C12H12ClN3O/c1-8-5-15-12(16-6-8)11(17)4-9-2-3-14-7-10(9)13/h2-3,5-7,11,17H,4H2,1H3. The van der Waals surface area contributed by atoms with Gasteiger partial charge in [0.15, 0.2) is 5.82 Å². The molecule has 0 amide bonds. The number of aryl methyl sites for hydroxylation is 1. The SMILES string of the molecule is Cc1cnc(C(O)Cc2ccncc2Cl)nc1. The predicted molar refractivity (Wildman–Crippen MR) is 64.7 cm³/mol. The van der Waals surface area contributed by atoms with Gasteiger partial charge in [-0.15, -0.1) is 0 Å². The van der Waals surface area contributed by atoms with Crippen molar-refractivity contribution < 1.29 is 5.11 Å². The summed E-state index contributed by atoms with van der Waals surface area (Å²) >= 11 is 5.97. The topological polar surface area (TPSA) is 58.9 Å². The van der Waals surface area contributed by atoms with Crippen LogP contribution in [0.3, 0.4) is 0 Å². The van der Waals surface area contributed by atoms with Crippen LogP contribution in [0.1, 0.15) is 23.1 Å². The van der Waals surface area contributed by atoms with E-state index in [0.29, 0.717) is 17.3 Å². The van der Waals surface area contributed by atoms with Gasteiger partial charge in [0.05, 0.1) is 5.02 Å². The first-order valence-corrected chi connectivity index (χ1v) is 5.59. The summed E-state index contributed by atoms with van der Waals surface area (Å²) < 4.78 is 0. The molecule has 1 unspecified atom stereocenters. The highest BCUT2D eigenvalue weighted by molar-refractivity contribution is 6.31. The summed E-state index contributed by atoms with van der Waals surface area (Å²) in [7, 11) is 0. The van der Waals surface area contributed by atoms with E-state index in [1.165, 1.54) is 0 Å². The molecule has 0 aliphatic rings. The van der Waals surface area contributed by atoms with Crippen molar-refractivity contribution in [2.24, 2.45) is 0 Å². The Morgan fingerprint density at radius 1 is 1.29 bits per heavy atom. The van der Waals surface area contributed by atoms with E-state index in [9.17, 15) is 5.11 Å². The molecule has 1 N–H and O–H groups in total. The van der Waals surface area contributed by atoms with Crippen molar-refractivity contribution in [3.8, 4) is 0 Å². The lowest BCUT2D eigenvalue weighted by Crippen LogP contribution is -2.07. The number of halogens is 1. The Balaban J connectivity index is 2.14. The van der Waals surface area contributed by atoms with Gasteiger partial charge in [0.1, 0.15) is 6.10 Å². The minimum absolute atomic E-state index is 0.379. The van der Waals surface area contributed by atoms with Gasteiger partial charge >= 0.3 is 0 Å². The van der Waals surface area contributed by atoms with E-state index >= 15 is 0 Å². The van der Waals surface area contributed by atoms with E-state index < -0.39 is 6.10 Å². The monoisotopic (exact) mass is 249 g/mol. The van der Waals surface area contributed by atoms with Crippen LogP contribution >= 0.6 is 11.6 Å². The number of hydrogen-bond donors (Lipinski definition) is 1. The van der Waals surface area contributed by atoms with E-state index in [1.807, 2.05) is 6.92 Å². The van der Waals surface area contributed by atoms with Crippen LogP contribution in [-0.4, -0.2) is 20.1 Å². The Bertz CT molecular complexity index is 501.